The Kier molecular flexibility index (Phi) is 14.6. The molecule has 6 aromatic carbocycles. The molecule has 0 saturated heterocycles. The molecule has 0 aliphatic rings. The zero-order chi connectivity index (χ0) is 45.3. The number of nitrogens with zero attached hydrogens (tertiary/aromatic N) is 8. The van der Waals surface area contributed by atoms with E-state index >= 15 is 0 Å². The van der Waals surface area contributed by atoms with Crippen LogP contribution in [0.5, 0.6) is 23.0 Å². The molecule has 1 radical (unpaired) electrons. The summed E-state index contributed by atoms with van der Waals surface area (Å²) >= 11 is 0. The third kappa shape index (κ3) is 10.3. The van der Waals surface area contributed by atoms with Crippen LogP contribution >= 0.6 is 0 Å². The molecule has 66 heavy (non-hydrogen) atoms. The quantitative estimate of drug-likeness (QED) is 0.105. The number of aromatic nitrogens is 8. The summed E-state index contributed by atoms with van der Waals surface area (Å²) in [6.07, 6.45) is 3.71. The van der Waals surface area contributed by atoms with Gasteiger partial charge >= 0.3 is 6.18 Å². The molecular formula is C50H38F3IrN8O4-3. The third-order valence-corrected chi connectivity index (χ3v) is 9.88. The van der Waals surface area contributed by atoms with Gasteiger partial charge in [-0.25, -0.2) is 0 Å². The molecule has 4 heterocycles. The largest absolute Gasteiger partial charge is 0.554 e. The third-order valence-electron chi connectivity index (χ3n) is 9.88. The molecule has 0 atom stereocenters. The van der Waals surface area contributed by atoms with Crippen LogP contribution < -0.4 is 33.2 Å². The van der Waals surface area contributed by atoms with Crippen molar-refractivity contribution in [1.29, 1.82) is 0 Å². The fourth-order valence-corrected chi connectivity index (χ4v) is 6.62. The predicted octanol–water partition coefficient (Wildman–Crippen LogP) is 8.56. The van der Waals surface area contributed by atoms with Gasteiger partial charge in [-0.2, -0.15) is 37.4 Å². The minimum atomic E-state index is -4.57. The number of methoxy groups -OCH3 is 4. The van der Waals surface area contributed by atoms with Crippen molar-refractivity contribution in [2.45, 2.75) is 6.18 Å². The number of imidazole rings is 2. The summed E-state index contributed by atoms with van der Waals surface area (Å²) in [6.45, 7) is 0. The summed E-state index contributed by atoms with van der Waals surface area (Å²) in [4.78, 5) is 7.05. The van der Waals surface area contributed by atoms with Gasteiger partial charge in [-0.05, 0) is 77.9 Å². The van der Waals surface area contributed by atoms with Gasteiger partial charge in [0.25, 0.3) is 12.7 Å². The van der Waals surface area contributed by atoms with Crippen molar-refractivity contribution >= 4 is 22.1 Å². The second kappa shape index (κ2) is 20.8. The second-order valence-electron chi connectivity index (χ2n) is 13.8. The predicted molar refractivity (Wildman–Crippen MR) is 235 cm³/mol. The van der Waals surface area contributed by atoms with Crippen molar-refractivity contribution in [3.05, 3.63) is 188 Å². The van der Waals surface area contributed by atoms with Crippen LogP contribution in [-0.2, 0) is 26.3 Å². The molecule has 0 spiro atoms. The summed E-state index contributed by atoms with van der Waals surface area (Å²) in [7, 11) is 6.63. The maximum Gasteiger partial charge on any atom is 0.429 e. The molecule has 4 aromatic heterocycles. The van der Waals surface area contributed by atoms with E-state index in [0.29, 0.717) is 0 Å². The van der Waals surface area contributed by atoms with Gasteiger partial charge in [0.15, 0.2) is 0 Å². The minimum absolute atomic E-state index is 0. The molecule has 0 saturated carbocycles. The standard InChI is InChI=1S/2C21H17N2O2.C8H4F3N4.Ir/c2*1-24-18-11-7-16(8-12-18)22-15-23(21-6-4-3-5-20(21)22)17-9-13-19(25-2)14-10-17;9-8(10,11)7-13-6(14-15-7)5-3-1-2-4-12-5;/h2*3-9,11-14H,1-2H3;1-4H;/q3*-1;. The minimum Gasteiger partial charge on any atom is -0.554 e. The Morgan fingerprint density at radius 1 is 0.545 bits per heavy atom. The first-order valence-corrected chi connectivity index (χ1v) is 19.8. The van der Waals surface area contributed by atoms with E-state index in [1.807, 2.05) is 127 Å². The smallest absolute Gasteiger partial charge is 0.429 e. The molecule has 0 amide bonds. The number of alkyl halides is 3. The van der Waals surface area contributed by atoms with Gasteiger partial charge in [0.05, 0.1) is 67.6 Å². The van der Waals surface area contributed by atoms with Crippen LogP contribution in [0.1, 0.15) is 5.82 Å². The van der Waals surface area contributed by atoms with Gasteiger partial charge in [0.1, 0.15) is 17.3 Å². The number of pyridine rings is 1. The summed E-state index contributed by atoms with van der Waals surface area (Å²) in [5, 5.41) is 6.25. The Morgan fingerprint density at radius 2 is 0.985 bits per heavy atom. The first-order chi connectivity index (χ1) is 31.7. The summed E-state index contributed by atoms with van der Waals surface area (Å²) in [5.41, 5.74) is 8.36. The zero-order valence-corrected chi connectivity index (χ0v) is 38.1. The van der Waals surface area contributed by atoms with Crippen LogP contribution in [0.3, 0.4) is 0 Å². The van der Waals surface area contributed by atoms with E-state index in [0.717, 1.165) is 67.8 Å². The fraction of sp³-hybridized carbons (Fsp3) is 0.100. The molecule has 10 rings (SSSR count). The summed E-state index contributed by atoms with van der Waals surface area (Å²) in [5.74, 6) is 1.85. The van der Waals surface area contributed by atoms with E-state index in [9.17, 15) is 13.2 Å². The van der Waals surface area contributed by atoms with Crippen molar-refractivity contribution in [2.75, 3.05) is 28.4 Å². The SMILES string of the molecule is COc1c[c-]c(-n2[c-][n+](-c3ccc(OC)cc3)c3ccccc32)cc1.COc1c[c-]c(-n2[c-][n+](-c3ccc(OC)cc3)c3ccccc32)cc1.FC(F)(F)c1n[n-]c(-c2ccccn2)n1.[Ir]. The van der Waals surface area contributed by atoms with Crippen molar-refractivity contribution in [1.82, 2.24) is 29.3 Å². The Labute approximate surface area is 391 Å². The van der Waals surface area contributed by atoms with Crippen LogP contribution in [0.2, 0.25) is 0 Å². The second-order valence-corrected chi connectivity index (χ2v) is 13.8. The van der Waals surface area contributed by atoms with E-state index in [2.05, 4.69) is 69.2 Å². The van der Waals surface area contributed by atoms with Crippen LogP contribution in [-0.4, -0.2) is 52.6 Å². The number of benzene rings is 6. The van der Waals surface area contributed by atoms with Crippen molar-refractivity contribution in [3.8, 4) is 57.3 Å². The Hall–Kier alpha value is -7.81. The van der Waals surface area contributed by atoms with Crippen LogP contribution in [0.4, 0.5) is 13.2 Å². The molecule has 12 nitrogen and oxygen atoms in total. The van der Waals surface area contributed by atoms with Crippen LogP contribution in [0.25, 0.3) is 56.3 Å². The van der Waals surface area contributed by atoms with Crippen LogP contribution in [0.15, 0.2) is 158 Å². The maximum absolute atomic E-state index is 12.1. The average Bonchev–Trinajstić information content (AvgIpc) is 4.12. The molecule has 335 valence electrons. The Balaban J connectivity index is 0.000000151. The molecule has 10 aromatic rings. The van der Waals surface area contributed by atoms with Gasteiger partial charge in [-0.1, -0.05) is 54.6 Å². The maximum atomic E-state index is 12.1. The first-order valence-electron chi connectivity index (χ1n) is 19.8. The van der Waals surface area contributed by atoms with Gasteiger partial charge in [-0.3, -0.25) is 19.2 Å². The van der Waals surface area contributed by atoms with Gasteiger partial charge in [0, 0.05) is 37.8 Å². The summed E-state index contributed by atoms with van der Waals surface area (Å²) < 4.78 is 65.4. The average molecular weight is 1060 g/mol. The zero-order valence-electron chi connectivity index (χ0n) is 35.7. The number of fused-ring (bicyclic) bond motifs is 2. The number of hydrogen-bond acceptors (Lipinski definition) is 7. The van der Waals surface area contributed by atoms with Crippen molar-refractivity contribution < 1.29 is 61.4 Å². The van der Waals surface area contributed by atoms with E-state index in [4.69, 9.17) is 18.9 Å². The molecule has 0 unspecified atom stereocenters. The Bertz CT molecular complexity index is 2790. The first kappa shape index (κ1) is 46.2. The van der Waals surface area contributed by atoms with Crippen molar-refractivity contribution in [3.63, 3.8) is 0 Å². The molecule has 16 heteroatoms. The van der Waals surface area contributed by atoms with Gasteiger partial charge < -0.3 is 38.2 Å². The monoisotopic (exact) mass is 1060 g/mol. The van der Waals surface area contributed by atoms with Crippen molar-refractivity contribution in [2.24, 2.45) is 0 Å². The van der Waals surface area contributed by atoms with Gasteiger partial charge in [0.2, 0.25) is 0 Å². The summed E-state index contributed by atoms with van der Waals surface area (Å²) in [6, 6.07) is 55.0. The number of ether oxygens (including phenoxy) is 4. The number of rotatable bonds is 9. The number of hydrogen-bond donors (Lipinski definition) is 0. The molecule has 0 aliphatic carbocycles. The molecule has 0 N–H and O–H groups in total. The van der Waals surface area contributed by atoms with E-state index in [1.165, 1.54) is 12.3 Å². The number of para-hydroxylation sites is 4. The molecule has 0 fully saturated rings. The topological polar surface area (TPSA) is 107 Å². The normalized spacial score (nSPS) is 10.8. The van der Waals surface area contributed by atoms with E-state index in [1.54, 1.807) is 40.6 Å². The molecule has 0 bridgehead atoms. The fourth-order valence-electron chi connectivity index (χ4n) is 6.62. The molecular weight excluding hydrogens is 1030 g/mol. The van der Waals surface area contributed by atoms with Crippen LogP contribution in [0, 0.1) is 24.8 Å². The van der Waals surface area contributed by atoms with E-state index in [-0.39, 0.29) is 31.6 Å². The van der Waals surface area contributed by atoms with Gasteiger partial charge in [-0.15, -0.1) is 24.3 Å². The van der Waals surface area contributed by atoms with E-state index < -0.39 is 12.0 Å². The molecule has 0 aliphatic heterocycles. The number of halogens is 3. The Morgan fingerprint density at radius 3 is 1.36 bits per heavy atom.